The second-order valence-corrected chi connectivity index (χ2v) is 4.02. The molecule has 0 heterocycles. The van der Waals surface area contributed by atoms with E-state index < -0.39 is 0 Å². The summed E-state index contributed by atoms with van der Waals surface area (Å²) in [5, 5.41) is 9.26. The summed E-state index contributed by atoms with van der Waals surface area (Å²) < 4.78 is 11.1. The Bertz CT molecular complexity index is 535. The summed E-state index contributed by atoms with van der Waals surface area (Å²) in [6.45, 7) is 1.94. The molecule has 3 heteroatoms. The molecule has 1 N–H and O–H groups in total. The Kier molecular flexibility index (Phi) is 3.85. The number of para-hydroxylation sites is 1. The van der Waals surface area contributed by atoms with Crippen LogP contribution in [0.4, 0.5) is 0 Å². The van der Waals surface area contributed by atoms with Crippen LogP contribution in [0.2, 0.25) is 0 Å². The molecule has 0 aliphatic heterocycles. The fourth-order valence-corrected chi connectivity index (χ4v) is 1.71. The number of methoxy groups -OCH3 is 1. The lowest BCUT2D eigenvalue weighted by Crippen LogP contribution is -1.94. The molecular formula is C15H16O3. The van der Waals surface area contributed by atoms with Crippen molar-refractivity contribution in [1.29, 1.82) is 0 Å². The third-order valence-electron chi connectivity index (χ3n) is 2.68. The third-order valence-corrected chi connectivity index (χ3v) is 2.68. The summed E-state index contributed by atoms with van der Waals surface area (Å²) in [7, 11) is 1.61. The van der Waals surface area contributed by atoms with Crippen molar-refractivity contribution in [2.45, 2.75) is 13.5 Å². The Labute approximate surface area is 107 Å². The van der Waals surface area contributed by atoms with E-state index in [1.54, 1.807) is 7.11 Å². The van der Waals surface area contributed by atoms with E-state index in [4.69, 9.17) is 9.47 Å². The van der Waals surface area contributed by atoms with Crippen LogP contribution in [-0.4, -0.2) is 12.2 Å². The first-order chi connectivity index (χ1) is 8.74. The maximum Gasteiger partial charge on any atom is 0.169 e. The van der Waals surface area contributed by atoms with Crippen molar-refractivity contribution in [2.24, 2.45) is 0 Å². The lowest BCUT2D eigenvalue weighted by molar-refractivity contribution is 0.275. The minimum atomic E-state index is -0.0512. The van der Waals surface area contributed by atoms with Crippen LogP contribution in [0.15, 0.2) is 42.5 Å². The first kappa shape index (κ1) is 12.5. The van der Waals surface area contributed by atoms with Crippen molar-refractivity contribution in [3.8, 4) is 17.2 Å². The van der Waals surface area contributed by atoms with E-state index in [0.717, 1.165) is 11.1 Å². The molecule has 3 nitrogen and oxygen atoms in total. The van der Waals surface area contributed by atoms with Gasteiger partial charge in [-0.05, 0) is 30.7 Å². The number of ether oxygens (including phenoxy) is 2. The summed E-state index contributed by atoms with van der Waals surface area (Å²) in [6.07, 6.45) is 0. The lowest BCUT2D eigenvalue weighted by atomic mass is 10.2. The Morgan fingerprint density at radius 1 is 1.00 bits per heavy atom. The third kappa shape index (κ3) is 2.63. The van der Waals surface area contributed by atoms with Gasteiger partial charge in [0, 0.05) is 5.56 Å². The zero-order chi connectivity index (χ0) is 13.0. The van der Waals surface area contributed by atoms with E-state index >= 15 is 0 Å². The monoisotopic (exact) mass is 244 g/mol. The predicted octanol–water partition coefficient (Wildman–Crippen LogP) is 3.29. The number of rotatable bonds is 4. The topological polar surface area (TPSA) is 38.7 Å². The molecule has 2 aromatic rings. The number of aliphatic hydroxyl groups excluding tert-OH is 1. The van der Waals surface area contributed by atoms with Gasteiger partial charge < -0.3 is 14.6 Å². The molecule has 94 valence electrons. The predicted molar refractivity (Wildman–Crippen MR) is 70.2 cm³/mol. The molecule has 0 aromatic heterocycles. The summed E-state index contributed by atoms with van der Waals surface area (Å²) >= 11 is 0. The zero-order valence-electron chi connectivity index (χ0n) is 10.5. The number of benzene rings is 2. The van der Waals surface area contributed by atoms with E-state index in [0.29, 0.717) is 17.2 Å². The zero-order valence-corrected chi connectivity index (χ0v) is 10.5. The van der Waals surface area contributed by atoms with Gasteiger partial charge in [-0.3, -0.25) is 0 Å². The highest BCUT2D eigenvalue weighted by atomic mass is 16.5. The van der Waals surface area contributed by atoms with E-state index in [1.165, 1.54) is 0 Å². The lowest BCUT2D eigenvalue weighted by Gasteiger charge is -2.13. The maximum absolute atomic E-state index is 9.26. The van der Waals surface area contributed by atoms with Gasteiger partial charge in [-0.2, -0.15) is 0 Å². The van der Waals surface area contributed by atoms with Crippen LogP contribution in [0.25, 0.3) is 0 Å². The van der Waals surface area contributed by atoms with Gasteiger partial charge in [0.25, 0.3) is 0 Å². The van der Waals surface area contributed by atoms with Gasteiger partial charge in [-0.1, -0.05) is 24.3 Å². The van der Waals surface area contributed by atoms with Gasteiger partial charge in [0.15, 0.2) is 11.5 Å². The molecule has 0 atom stereocenters. The second-order valence-electron chi connectivity index (χ2n) is 4.02. The molecule has 0 amide bonds. The average molecular weight is 244 g/mol. The molecule has 0 saturated heterocycles. The minimum absolute atomic E-state index is 0.0512. The van der Waals surface area contributed by atoms with Crippen LogP contribution in [-0.2, 0) is 6.61 Å². The molecule has 0 unspecified atom stereocenters. The molecule has 0 radical (unpaired) electrons. The van der Waals surface area contributed by atoms with Gasteiger partial charge in [0.05, 0.1) is 13.7 Å². The van der Waals surface area contributed by atoms with Crippen molar-refractivity contribution >= 4 is 0 Å². The average Bonchev–Trinajstić information content (AvgIpc) is 2.41. The maximum atomic E-state index is 9.26. The Hall–Kier alpha value is -2.00. The van der Waals surface area contributed by atoms with Crippen molar-refractivity contribution in [1.82, 2.24) is 0 Å². The van der Waals surface area contributed by atoms with Crippen LogP contribution >= 0.6 is 0 Å². The largest absolute Gasteiger partial charge is 0.493 e. The molecule has 0 aliphatic carbocycles. The number of hydrogen-bond acceptors (Lipinski definition) is 3. The molecule has 0 aliphatic rings. The van der Waals surface area contributed by atoms with Crippen LogP contribution in [0, 0.1) is 6.92 Å². The highest BCUT2D eigenvalue weighted by Crippen LogP contribution is 2.33. The van der Waals surface area contributed by atoms with E-state index in [9.17, 15) is 5.11 Å². The fourth-order valence-electron chi connectivity index (χ4n) is 1.71. The van der Waals surface area contributed by atoms with Gasteiger partial charge in [-0.25, -0.2) is 0 Å². The van der Waals surface area contributed by atoms with Crippen molar-refractivity contribution in [2.75, 3.05) is 7.11 Å². The number of aliphatic hydroxyl groups is 1. The van der Waals surface area contributed by atoms with E-state index in [1.807, 2.05) is 49.4 Å². The molecular weight excluding hydrogens is 228 g/mol. The molecule has 2 rings (SSSR count). The standard InChI is InChI=1S/C15H16O3/c1-11-7-8-14(15(9-11)17-2)18-13-6-4-3-5-12(13)10-16/h3-9,16H,10H2,1-2H3. The normalized spacial score (nSPS) is 10.2. The summed E-state index contributed by atoms with van der Waals surface area (Å²) in [4.78, 5) is 0. The summed E-state index contributed by atoms with van der Waals surface area (Å²) in [5.74, 6) is 1.97. The molecule has 0 bridgehead atoms. The summed E-state index contributed by atoms with van der Waals surface area (Å²) in [6, 6.07) is 13.1. The Morgan fingerprint density at radius 2 is 1.78 bits per heavy atom. The second kappa shape index (κ2) is 5.56. The van der Waals surface area contributed by atoms with E-state index in [-0.39, 0.29) is 6.61 Å². The molecule has 0 fully saturated rings. The molecule has 2 aromatic carbocycles. The Morgan fingerprint density at radius 3 is 2.50 bits per heavy atom. The van der Waals surface area contributed by atoms with Gasteiger partial charge in [-0.15, -0.1) is 0 Å². The SMILES string of the molecule is COc1cc(C)ccc1Oc1ccccc1CO. The van der Waals surface area contributed by atoms with Crippen LogP contribution < -0.4 is 9.47 Å². The number of aryl methyl sites for hydroxylation is 1. The number of hydrogen-bond donors (Lipinski definition) is 1. The summed E-state index contributed by atoms with van der Waals surface area (Å²) in [5.41, 5.74) is 1.86. The van der Waals surface area contributed by atoms with Gasteiger partial charge in [0.1, 0.15) is 5.75 Å². The smallest absolute Gasteiger partial charge is 0.169 e. The minimum Gasteiger partial charge on any atom is -0.493 e. The Balaban J connectivity index is 2.33. The first-order valence-corrected chi connectivity index (χ1v) is 5.76. The van der Waals surface area contributed by atoms with Crippen molar-refractivity contribution in [3.63, 3.8) is 0 Å². The van der Waals surface area contributed by atoms with Crippen molar-refractivity contribution in [3.05, 3.63) is 53.6 Å². The van der Waals surface area contributed by atoms with Crippen LogP contribution in [0.3, 0.4) is 0 Å². The van der Waals surface area contributed by atoms with Crippen LogP contribution in [0.5, 0.6) is 17.2 Å². The highest BCUT2D eigenvalue weighted by Gasteiger charge is 2.08. The van der Waals surface area contributed by atoms with Crippen LogP contribution in [0.1, 0.15) is 11.1 Å². The fraction of sp³-hybridized carbons (Fsp3) is 0.200. The van der Waals surface area contributed by atoms with Gasteiger partial charge in [0.2, 0.25) is 0 Å². The quantitative estimate of drug-likeness (QED) is 0.897. The molecule has 0 saturated carbocycles. The molecule has 0 spiro atoms. The first-order valence-electron chi connectivity index (χ1n) is 5.76. The van der Waals surface area contributed by atoms with Gasteiger partial charge >= 0.3 is 0 Å². The molecule has 18 heavy (non-hydrogen) atoms. The van der Waals surface area contributed by atoms with Crippen molar-refractivity contribution < 1.29 is 14.6 Å². The van der Waals surface area contributed by atoms with E-state index in [2.05, 4.69) is 0 Å². The highest BCUT2D eigenvalue weighted by molar-refractivity contribution is 5.46.